The summed E-state index contributed by atoms with van der Waals surface area (Å²) in [4.78, 5) is 13.4. The highest BCUT2D eigenvalue weighted by molar-refractivity contribution is 5.77. The van der Waals surface area contributed by atoms with E-state index in [0.29, 0.717) is 5.92 Å². The van der Waals surface area contributed by atoms with Crippen LogP contribution in [-0.2, 0) is 4.79 Å². The molecule has 0 N–H and O–H groups in total. The van der Waals surface area contributed by atoms with Crippen molar-refractivity contribution in [3.8, 4) is 5.75 Å². The molecule has 3 nitrogen and oxygen atoms in total. The Hall–Kier alpha value is -1.51. The molecule has 0 aliphatic rings. The number of para-hydroxylation sites is 1. The molecule has 0 spiro atoms. The standard InChI is InChI=1S/C13H19NO2/c1-11(2)9-14(3)13(15)10-16-12-7-5-4-6-8-12/h4-8,11H,9-10H2,1-3H3. The van der Waals surface area contributed by atoms with Crippen LogP contribution in [0.2, 0.25) is 0 Å². The highest BCUT2D eigenvalue weighted by atomic mass is 16.5. The molecule has 0 heterocycles. The zero-order valence-corrected chi connectivity index (χ0v) is 10.1. The van der Waals surface area contributed by atoms with E-state index in [1.165, 1.54) is 0 Å². The number of ether oxygens (including phenoxy) is 1. The van der Waals surface area contributed by atoms with Crippen LogP contribution in [0.25, 0.3) is 0 Å². The van der Waals surface area contributed by atoms with Crippen molar-refractivity contribution >= 4 is 5.91 Å². The minimum Gasteiger partial charge on any atom is -0.484 e. The number of carbonyl (C=O) groups is 1. The molecule has 1 aromatic carbocycles. The summed E-state index contributed by atoms with van der Waals surface area (Å²) >= 11 is 0. The molecule has 0 unspecified atom stereocenters. The number of rotatable bonds is 5. The smallest absolute Gasteiger partial charge is 0.260 e. The summed E-state index contributed by atoms with van der Waals surface area (Å²) in [6.45, 7) is 5.04. The molecule has 1 amide bonds. The zero-order chi connectivity index (χ0) is 12.0. The summed E-state index contributed by atoms with van der Waals surface area (Å²) in [5.74, 6) is 1.22. The molecule has 3 heteroatoms. The molecule has 0 atom stereocenters. The molecular weight excluding hydrogens is 202 g/mol. The predicted molar refractivity (Wildman–Crippen MR) is 64.4 cm³/mol. The molecule has 0 aliphatic heterocycles. The maximum atomic E-state index is 11.7. The third kappa shape index (κ3) is 4.34. The normalized spacial score (nSPS) is 10.2. The van der Waals surface area contributed by atoms with Gasteiger partial charge < -0.3 is 9.64 Å². The molecular formula is C13H19NO2. The molecule has 0 saturated carbocycles. The van der Waals surface area contributed by atoms with Crippen LogP contribution in [0.1, 0.15) is 13.8 Å². The van der Waals surface area contributed by atoms with Crippen LogP contribution in [0.5, 0.6) is 5.75 Å². The van der Waals surface area contributed by atoms with Crippen LogP contribution in [0, 0.1) is 5.92 Å². The third-order valence-corrected chi connectivity index (χ3v) is 2.17. The topological polar surface area (TPSA) is 29.5 Å². The lowest BCUT2D eigenvalue weighted by Crippen LogP contribution is -2.34. The number of likely N-dealkylation sites (N-methyl/N-ethyl adjacent to an activating group) is 1. The van der Waals surface area contributed by atoms with Crippen LogP contribution >= 0.6 is 0 Å². The van der Waals surface area contributed by atoms with E-state index in [1.54, 1.807) is 11.9 Å². The molecule has 0 aliphatic carbocycles. The predicted octanol–water partition coefficient (Wildman–Crippen LogP) is 2.18. The van der Waals surface area contributed by atoms with Crippen molar-refractivity contribution < 1.29 is 9.53 Å². The van der Waals surface area contributed by atoms with Gasteiger partial charge in [0.05, 0.1) is 0 Å². The molecule has 0 bridgehead atoms. The van der Waals surface area contributed by atoms with Crippen LogP contribution < -0.4 is 4.74 Å². The molecule has 0 aromatic heterocycles. The Labute approximate surface area is 97.0 Å². The van der Waals surface area contributed by atoms with Gasteiger partial charge in [-0.05, 0) is 18.1 Å². The number of hydrogen-bond acceptors (Lipinski definition) is 2. The van der Waals surface area contributed by atoms with Gasteiger partial charge in [0.2, 0.25) is 0 Å². The van der Waals surface area contributed by atoms with Crippen LogP contribution in [0.3, 0.4) is 0 Å². The van der Waals surface area contributed by atoms with E-state index in [0.717, 1.165) is 12.3 Å². The molecule has 0 saturated heterocycles. The number of amides is 1. The number of nitrogens with zero attached hydrogens (tertiary/aromatic N) is 1. The lowest BCUT2D eigenvalue weighted by molar-refractivity contribution is -0.132. The van der Waals surface area contributed by atoms with Crippen molar-refractivity contribution in [2.24, 2.45) is 5.92 Å². The Kier molecular flexibility index (Phi) is 4.83. The number of hydrogen-bond donors (Lipinski definition) is 0. The van der Waals surface area contributed by atoms with Gasteiger partial charge in [0.15, 0.2) is 6.61 Å². The van der Waals surface area contributed by atoms with E-state index in [1.807, 2.05) is 30.3 Å². The lowest BCUT2D eigenvalue weighted by Gasteiger charge is -2.19. The summed E-state index contributed by atoms with van der Waals surface area (Å²) in [5, 5.41) is 0. The van der Waals surface area contributed by atoms with Gasteiger partial charge >= 0.3 is 0 Å². The van der Waals surface area contributed by atoms with Crippen molar-refractivity contribution in [2.75, 3.05) is 20.2 Å². The second-order valence-electron chi connectivity index (χ2n) is 4.27. The molecule has 1 aromatic rings. The lowest BCUT2D eigenvalue weighted by atomic mass is 10.2. The first-order valence-corrected chi connectivity index (χ1v) is 5.51. The first-order valence-electron chi connectivity index (χ1n) is 5.51. The monoisotopic (exact) mass is 221 g/mol. The third-order valence-electron chi connectivity index (χ3n) is 2.17. The van der Waals surface area contributed by atoms with Crippen LogP contribution in [0.4, 0.5) is 0 Å². The van der Waals surface area contributed by atoms with Crippen molar-refractivity contribution in [1.82, 2.24) is 4.90 Å². The fourth-order valence-corrected chi connectivity index (χ4v) is 1.42. The Bertz CT molecular complexity index is 322. The second-order valence-corrected chi connectivity index (χ2v) is 4.27. The van der Waals surface area contributed by atoms with Crippen molar-refractivity contribution in [1.29, 1.82) is 0 Å². The zero-order valence-electron chi connectivity index (χ0n) is 10.1. The van der Waals surface area contributed by atoms with Gasteiger partial charge in [0.1, 0.15) is 5.75 Å². The fourth-order valence-electron chi connectivity index (χ4n) is 1.42. The Morgan fingerprint density at radius 2 is 1.94 bits per heavy atom. The summed E-state index contributed by atoms with van der Waals surface area (Å²) in [6, 6.07) is 9.38. The summed E-state index contributed by atoms with van der Waals surface area (Å²) in [6.07, 6.45) is 0. The largest absolute Gasteiger partial charge is 0.484 e. The van der Waals surface area contributed by atoms with E-state index in [-0.39, 0.29) is 12.5 Å². The minimum absolute atomic E-state index is 0.0116. The average Bonchev–Trinajstić information content (AvgIpc) is 2.26. The van der Waals surface area contributed by atoms with Gasteiger partial charge in [0.25, 0.3) is 5.91 Å². The van der Waals surface area contributed by atoms with Crippen molar-refractivity contribution in [2.45, 2.75) is 13.8 Å². The maximum absolute atomic E-state index is 11.7. The molecule has 0 radical (unpaired) electrons. The van der Waals surface area contributed by atoms with Crippen molar-refractivity contribution in [3.05, 3.63) is 30.3 Å². The Balaban J connectivity index is 2.35. The highest BCUT2D eigenvalue weighted by Crippen LogP contribution is 2.08. The summed E-state index contributed by atoms with van der Waals surface area (Å²) in [5.41, 5.74) is 0. The van der Waals surface area contributed by atoms with E-state index < -0.39 is 0 Å². The fraction of sp³-hybridized carbons (Fsp3) is 0.462. The maximum Gasteiger partial charge on any atom is 0.260 e. The first kappa shape index (κ1) is 12.6. The van der Waals surface area contributed by atoms with Gasteiger partial charge in [0, 0.05) is 13.6 Å². The quantitative estimate of drug-likeness (QED) is 0.762. The summed E-state index contributed by atoms with van der Waals surface area (Å²) in [7, 11) is 1.80. The van der Waals surface area contributed by atoms with E-state index in [2.05, 4.69) is 13.8 Å². The van der Waals surface area contributed by atoms with Crippen LogP contribution in [-0.4, -0.2) is 31.0 Å². The number of carbonyl (C=O) groups excluding carboxylic acids is 1. The SMILES string of the molecule is CC(C)CN(C)C(=O)COc1ccccc1. The first-order chi connectivity index (χ1) is 7.59. The Morgan fingerprint density at radius 1 is 1.31 bits per heavy atom. The Morgan fingerprint density at radius 3 is 2.50 bits per heavy atom. The summed E-state index contributed by atoms with van der Waals surface area (Å²) < 4.78 is 5.38. The van der Waals surface area contributed by atoms with E-state index >= 15 is 0 Å². The highest BCUT2D eigenvalue weighted by Gasteiger charge is 2.10. The van der Waals surface area contributed by atoms with E-state index in [9.17, 15) is 4.79 Å². The van der Waals surface area contributed by atoms with Gasteiger partial charge in [-0.3, -0.25) is 4.79 Å². The van der Waals surface area contributed by atoms with Gasteiger partial charge in [-0.2, -0.15) is 0 Å². The van der Waals surface area contributed by atoms with Gasteiger partial charge in [-0.25, -0.2) is 0 Å². The molecule has 1 rings (SSSR count). The van der Waals surface area contributed by atoms with Gasteiger partial charge in [-0.15, -0.1) is 0 Å². The number of benzene rings is 1. The van der Waals surface area contributed by atoms with Gasteiger partial charge in [-0.1, -0.05) is 32.0 Å². The van der Waals surface area contributed by atoms with Crippen molar-refractivity contribution in [3.63, 3.8) is 0 Å². The molecule has 0 fully saturated rings. The molecule has 88 valence electrons. The van der Waals surface area contributed by atoms with Crippen LogP contribution in [0.15, 0.2) is 30.3 Å². The second kappa shape index (κ2) is 6.16. The molecule has 16 heavy (non-hydrogen) atoms. The average molecular weight is 221 g/mol. The minimum atomic E-state index is 0.0116. The van der Waals surface area contributed by atoms with E-state index in [4.69, 9.17) is 4.74 Å².